The first-order valence-corrected chi connectivity index (χ1v) is 7.32. The molecule has 1 aromatic rings. The molecule has 1 fully saturated rings. The summed E-state index contributed by atoms with van der Waals surface area (Å²) in [7, 11) is 0. The quantitative estimate of drug-likeness (QED) is 0.655. The highest BCUT2D eigenvalue weighted by atomic mass is 79.9. The number of benzene rings is 1. The molecule has 1 aromatic carbocycles. The molecule has 7 heteroatoms. The van der Waals surface area contributed by atoms with Crippen molar-refractivity contribution in [2.24, 2.45) is 0 Å². The number of aliphatic hydroxyl groups is 1. The van der Waals surface area contributed by atoms with Gasteiger partial charge in [-0.3, -0.25) is 10.1 Å². The Balaban J connectivity index is 1.98. The summed E-state index contributed by atoms with van der Waals surface area (Å²) in [6.45, 7) is 2.11. The molecule has 1 heterocycles. The summed E-state index contributed by atoms with van der Waals surface area (Å²) in [6.07, 6.45) is 1.97. The van der Waals surface area contributed by atoms with E-state index in [1.807, 2.05) is 0 Å². The summed E-state index contributed by atoms with van der Waals surface area (Å²) in [4.78, 5) is 12.5. The van der Waals surface area contributed by atoms with Crippen LogP contribution in [0.5, 0.6) is 0 Å². The SMILES string of the molecule is O=[N+]([O-])c1ccc(N2CCC(OCCO)CC2)c(Br)c1. The van der Waals surface area contributed by atoms with Gasteiger partial charge in [-0.1, -0.05) is 0 Å². The number of halogens is 1. The van der Waals surface area contributed by atoms with E-state index in [2.05, 4.69) is 20.8 Å². The fraction of sp³-hybridized carbons (Fsp3) is 0.538. The molecule has 1 aliphatic heterocycles. The second-order valence-electron chi connectivity index (χ2n) is 4.67. The molecule has 0 aliphatic carbocycles. The number of nitro benzene ring substituents is 1. The smallest absolute Gasteiger partial charge is 0.270 e. The van der Waals surface area contributed by atoms with Crippen molar-refractivity contribution >= 4 is 27.3 Å². The van der Waals surface area contributed by atoms with Crippen LogP contribution in [-0.4, -0.2) is 42.4 Å². The predicted octanol–water partition coefficient (Wildman–Crippen LogP) is 2.33. The molecule has 2 rings (SSSR count). The number of nitro groups is 1. The Kier molecular flexibility index (Phi) is 5.33. The number of ether oxygens (including phenoxy) is 1. The second-order valence-corrected chi connectivity index (χ2v) is 5.53. The van der Waals surface area contributed by atoms with E-state index in [9.17, 15) is 10.1 Å². The fourth-order valence-electron chi connectivity index (χ4n) is 2.35. The van der Waals surface area contributed by atoms with E-state index in [1.54, 1.807) is 6.07 Å². The van der Waals surface area contributed by atoms with E-state index >= 15 is 0 Å². The van der Waals surface area contributed by atoms with E-state index in [0.29, 0.717) is 6.61 Å². The van der Waals surface area contributed by atoms with Gasteiger partial charge >= 0.3 is 0 Å². The Morgan fingerprint density at radius 2 is 2.15 bits per heavy atom. The number of hydrogen-bond acceptors (Lipinski definition) is 5. The molecule has 0 unspecified atom stereocenters. The summed E-state index contributed by atoms with van der Waals surface area (Å²) in [6, 6.07) is 4.83. The van der Waals surface area contributed by atoms with Gasteiger partial charge in [0.2, 0.25) is 0 Å². The average molecular weight is 345 g/mol. The number of aliphatic hydroxyl groups excluding tert-OH is 1. The van der Waals surface area contributed by atoms with Gasteiger partial charge in [0, 0.05) is 29.7 Å². The zero-order valence-corrected chi connectivity index (χ0v) is 12.6. The number of nitrogens with zero attached hydrogens (tertiary/aromatic N) is 2. The lowest BCUT2D eigenvalue weighted by Crippen LogP contribution is -2.37. The molecule has 1 aliphatic rings. The number of non-ortho nitro benzene ring substituents is 1. The maximum atomic E-state index is 10.7. The Morgan fingerprint density at radius 1 is 1.45 bits per heavy atom. The van der Waals surface area contributed by atoms with Crippen LogP contribution in [0, 0.1) is 10.1 Å². The molecule has 6 nitrogen and oxygen atoms in total. The monoisotopic (exact) mass is 344 g/mol. The van der Waals surface area contributed by atoms with Crippen LogP contribution in [-0.2, 0) is 4.74 Å². The summed E-state index contributed by atoms with van der Waals surface area (Å²) in [5.41, 5.74) is 1.05. The van der Waals surface area contributed by atoms with Gasteiger partial charge in [0.1, 0.15) is 0 Å². The van der Waals surface area contributed by atoms with Crippen molar-refractivity contribution < 1.29 is 14.8 Å². The van der Waals surface area contributed by atoms with Crippen molar-refractivity contribution in [1.82, 2.24) is 0 Å². The second kappa shape index (κ2) is 7.01. The van der Waals surface area contributed by atoms with Crippen molar-refractivity contribution in [3.63, 3.8) is 0 Å². The van der Waals surface area contributed by atoms with Gasteiger partial charge in [-0.05, 0) is 34.8 Å². The van der Waals surface area contributed by atoms with Crippen molar-refractivity contribution in [1.29, 1.82) is 0 Å². The van der Waals surface area contributed by atoms with Gasteiger partial charge in [-0.15, -0.1) is 0 Å². The summed E-state index contributed by atoms with van der Waals surface area (Å²) in [5.74, 6) is 0. The molecular weight excluding hydrogens is 328 g/mol. The van der Waals surface area contributed by atoms with Gasteiger partial charge in [-0.25, -0.2) is 0 Å². The number of anilines is 1. The maximum absolute atomic E-state index is 10.7. The third-order valence-electron chi connectivity index (χ3n) is 3.37. The topological polar surface area (TPSA) is 75.8 Å². The van der Waals surface area contributed by atoms with Crippen LogP contribution in [0.4, 0.5) is 11.4 Å². The summed E-state index contributed by atoms with van der Waals surface area (Å²) < 4.78 is 6.26. The van der Waals surface area contributed by atoms with Crippen molar-refractivity contribution in [2.75, 3.05) is 31.2 Å². The van der Waals surface area contributed by atoms with E-state index in [4.69, 9.17) is 9.84 Å². The first-order valence-electron chi connectivity index (χ1n) is 6.53. The van der Waals surface area contributed by atoms with Crippen LogP contribution in [0.3, 0.4) is 0 Å². The predicted molar refractivity (Wildman–Crippen MR) is 79.1 cm³/mol. The largest absolute Gasteiger partial charge is 0.394 e. The first-order chi connectivity index (χ1) is 9.61. The normalized spacial score (nSPS) is 16.4. The Bertz CT molecular complexity index is 475. The fourth-order valence-corrected chi connectivity index (χ4v) is 2.97. The average Bonchev–Trinajstić information content (AvgIpc) is 2.45. The van der Waals surface area contributed by atoms with Crippen LogP contribution in [0.25, 0.3) is 0 Å². The van der Waals surface area contributed by atoms with Gasteiger partial charge in [0.15, 0.2) is 0 Å². The zero-order valence-electron chi connectivity index (χ0n) is 11.0. The van der Waals surface area contributed by atoms with Gasteiger partial charge in [-0.2, -0.15) is 0 Å². The molecule has 0 spiro atoms. The van der Waals surface area contributed by atoms with Crippen molar-refractivity contribution in [2.45, 2.75) is 18.9 Å². The standard InChI is InChI=1S/C13H17BrN2O4/c14-12-9-10(16(18)19)1-2-13(12)15-5-3-11(4-6-15)20-8-7-17/h1-2,9,11,17H,3-8H2. The van der Waals surface area contributed by atoms with Crippen LogP contribution in [0.2, 0.25) is 0 Å². The van der Waals surface area contributed by atoms with Crippen molar-refractivity contribution in [3.05, 3.63) is 32.8 Å². The molecular formula is C13H17BrN2O4. The lowest BCUT2D eigenvalue weighted by atomic mass is 10.1. The highest BCUT2D eigenvalue weighted by molar-refractivity contribution is 9.10. The van der Waals surface area contributed by atoms with Crippen LogP contribution in [0.15, 0.2) is 22.7 Å². The number of piperidine rings is 1. The van der Waals surface area contributed by atoms with Crippen LogP contribution >= 0.6 is 15.9 Å². The van der Waals surface area contributed by atoms with Crippen LogP contribution in [0.1, 0.15) is 12.8 Å². The molecule has 0 bridgehead atoms. The third kappa shape index (κ3) is 3.68. The Hall–Kier alpha value is -1.18. The van der Waals surface area contributed by atoms with E-state index in [-0.39, 0.29) is 18.4 Å². The molecule has 1 N–H and O–H groups in total. The highest BCUT2D eigenvalue weighted by Crippen LogP contribution is 2.32. The lowest BCUT2D eigenvalue weighted by Gasteiger charge is -2.34. The maximum Gasteiger partial charge on any atom is 0.270 e. The van der Waals surface area contributed by atoms with Crippen LogP contribution < -0.4 is 4.90 Å². The Morgan fingerprint density at radius 3 is 2.70 bits per heavy atom. The molecule has 0 radical (unpaired) electrons. The molecule has 0 saturated carbocycles. The lowest BCUT2D eigenvalue weighted by molar-refractivity contribution is -0.384. The molecule has 1 saturated heterocycles. The summed E-state index contributed by atoms with van der Waals surface area (Å²) >= 11 is 3.40. The van der Waals surface area contributed by atoms with Gasteiger partial charge < -0.3 is 14.7 Å². The highest BCUT2D eigenvalue weighted by Gasteiger charge is 2.22. The van der Waals surface area contributed by atoms with Gasteiger partial charge in [0.25, 0.3) is 5.69 Å². The van der Waals surface area contributed by atoms with Gasteiger partial charge in [0.05, 0.1) is 29.9 Å². The van der Waals surface area contributed by atoms with E-state index in [1.165, 1.54) is 12.1 Å². The number of hydrogen-bond donors (Lipinski definition) is 1. The summed E-state index contributed by atoms with van der Waals surface area (Å²) in [5, 5.41) is 19.5. The molecule has 20 heavy (non-hydrogen) atoms. The minimum Gasteiger partial charge on any atom is -0.394 e. The molecule has 110 valence electrons. The Labute approximate surface area is 125 Å². The van der Waals surface area contributed by atoms with E-state index in [0.717, 1.165) is 36.1 Å². The zero-order chi connectivity index (χ0) is 14.5. The van der Waals surface area contributed by atoms with Crippen molar-refractivity contribution in [3.8, 4) is 0 Å². The number of rotatable bonds is 5. The third-order valence-corrected chi connectivity index (χ3v) is 4.00. The molecule has 0 atom stereocenters. The molecule has 0 amide bonds. The minimum absolute atomic E-state index is 0.0497. The molecule has 0 aromatic heterocycles. The van der Waals surface area contributed by atoms with E-state index < -0.39 is 4.92 Å². The minimum atomic E-state index is -0.399. The first kappa shape index (κ1) is 15.2.